The minimum atomic E-state index is -0.585. The molecule has 1 aromatic heterocycles. The zero-order valence-electron chi connectivity index (χ0n) is 12.0. The summed E-state index contributed by atoms with van der Waals surface area (Å²) in [5, 5.41) is 12.2. The summed E-state index contributed by atoms with van der Waals surface area (Å²) in [5.41, 5.74) is 1.52. The summed E-state index contributed by atoms with van der Waals surface area (Å²) < 4.78 is 4.79. The van der Waals surface area contributed by atoms with Crippen molar-refractivity contribution < 1.29 is 14.6 Å². The Kier molecular flexibility index (Phi) is 6.33. The third kappa shape index (κ3) is 5.10. The molecule has 3 N–H and O–H groups in total. The van der Waals surface area contributed by atoms with Crippen molar-refractivity contribution in [2.75, 3.05) is 20.3 Å². The summed E-state index contributed by atoms with van der Waals surface area (Å²) in [7, 11) is 1.51. The van der Waals surface area contributed by atoms with E-state index in [1.54, 1.807) is 13.8 Å². The minimum Gasteiger partial charge on any atom is -0.391 e. The van der Waals surface area contributed by atoms with E-state index >= 15 is 0 Å². The highest BCUT2D eigenvalue weighted by Gasteiger charge is 2.11. The Morgan fingerprint density at radius 2 is 2.20 bits per heavy atom. The smallest absolute Gasteiger partial charge is 0.345 e. The van der Waals surface area contributed by atoms with Crippen LogP contribution in [0.3, 0.4) is 0 Å². The van der Waals surface area contributed by atoms with Gasteiger partial charge in [-0.3, -0.25) is 4.79 Å². The van der Waals surface area contributed by atoms with Gasteiger partial charge in [0.25, 0.3) is 0 Å². The summed E-state index contributed by atoms with van der Waals surface area (Å²) in [6, 6.07) is 0. The first kappa shape index (κ1) is 16.3. The number of carbonyl (C=O) groups excluding carboxylic acids is 1. The lowest BCUT2D eigenvalue weighted by molar-refractivity contribution is -0.120. The largest absolute Gasteiger partial charge is 0.391 e. The zero-order chi connectivity index (χ0) is 15.1. The van der Waals surface area contributed by atoms with Crippen LogP contribution in [0.1, 0.15) is 23.4 Å². The number of aliphatic hydroxyl groups excluding tert-OH is 1. The van der Waals surface area contributed by atoms with Gasteiger partial charge in [0, 0.05) is 30.6 Å². The second kappa shape index (κ2) is 7.76. The number of hydrogen-bond donors (Lipinski definition) is 3. The van der Waals surface area contributed by atoms with Crippen LogP contribution in [0, 0.1) is 13.8 Å². The Bertz CT molecular complexity index is 487. The molecule has 1 atom stereocenters. The molecule has 0 saturated heterocycles. The highest BCUT2D eigenvalue weighted by Crippen LogP contribution is 2.07. The maximum Gasteiger partial charge on any atom is 0.345 e. The molecule has 0 aliphatic carbocycles. The molecule has 0 aliphatic rings. The number of rotatable bonds is 7. The molecule has 0 fully saturated rings. The van der Waals surface area contributed by atoms with Crippen LogP contribution in [0.15, 0.2) is 4.79 Å². The van der Waals surface area contributed by atoms with Crippen molar-refractivity contribution in [3.05, 3.63) is 27.4 Å². The lowest BCUT2D eigenvalue weighted by Gasteiger charge is -2.11. The molecule has 1 rings (SSSR count). The minimum absolute atomic E-state index is 0.155. The Balaban J connectivity index is 2.49. The fraction of sp³-hybridized carbons (Fsp3) is 0.615. The molecule has 0 spiro atoms. The van der Waals surface area contributed by atoms with Crippen LogP contribution >= 0.6 is 0 Å². The van der Waals surface area contributed by atoms with Gasteiger partial charge in [-0.15, -0.1) is 0 Å². The molecule has 1 heterocycles. The first-order chi connectivity index (χ1) is 9.43. The number of nitrogens with one attached hydrogen (secondary N) is 2. The topological polar surface area (TPSA) is 104 Å². The Morgan fingerprint density at radius 3 is 2.80 bits per heavy atom. The van der Waals surface area contributed by atoms with Crippen LogP contribution in [-0.2, 0) is 16.0 Å². The summed E-state index contributed by atoms with van der Waals surface area (Å²) >= 11 is 0. The summed E-state index contributed by atoms with van der Waals surface area (Å²) in [6.45, 7) is 4.06. The summed E-state index contributed by atoms with van der Waals surface area (Å²) in [5.74, 6) is -0.172. The second-order valence-corrected chi connectivity index (χ2v) is 4.66. The molecule has 7 nitrogen and oxygen atoms in total. The number of H-pyrrole nitrogens is 1. The first-order valence-corrected chi connectivity index (χ1v) is 6.44. The van der Waals surface area contributed by atoms with E-state index in [4.69, 9.17) is 4.74 Å². The van der Waals surface area contributed by atoms with Crippen molar-refractivity contribution >= 4 is 5.91 Å². The van der Waals surface area contributed by atoms with E-state index in [1.165, 1.54) is 7.11 Å². The quantitative estimate of drug-likeness (QED) is 0.622. The van der Waals surface area contributed by atoms with Crippen molar-refractivity contribution in [3.63, 3.8) is 0 Å². The number of carbonyl (C=O) groups is 1. The number of methoxy groups -OCH3 is 1. The fourth-order valence-electron chi connectivity index (χ4n) is 1.89. The van der Waals surface area contributed by atoms with Crippen molar-refractivity contribution in [2.24, 2.45) is 0 Å². The van der Waals surface area contributed by atoms with Crippen LogP contribution in [0.4, 0.5) is 0 Å². The Hall–Kier alpha value is -1.73. The van der Waals surface area contributed by atoms with E-state index in [0.29, 0.717) is 24.4 Å². The molecule has 1 unspecified atom stereocenters. The average molecular weight is 283 g/mol. The number of aromatic amines is 1. The number of amides is 1. The summed E-state index contributed by atoms with van der Waals surface area (Å²) in [6.07, 6.45) is 0.00184. The van der Waals surface area contributed by atoms with Crippen molar-refractivity contribution in [3.8, 4) is 0 Å². The van der Waals surface area contributed by atoms with Gasteiger partial charge in [0.05, 0.1) is 19.1 Å². The van der Waals surface area contributed by atoms with Gasteiger partial charge in [-0.1, -0.05) is 0 Å². The van der Waals surface area contributed by atoms with Gasteiger partial charge in [0.1, 0.15) is 0 Å². The van der Waals surface area contributed by atoms with Gasteiger partial charge in [-0.2, -0.15) is 4.98 Å². The van der Waals surface area contributed by atoms with Crippen LogP contribution in [-0.4, -0.2) is 47.3 Å². The highest BCUT2D eigenvalue weighted by molar-refractivity contribution is 5.78. The lowest BCUT2D eigenvalue weighted by Crippen LogP contribution is -2.30. The van der Waals surface area contributed by atoms with Crippen LogP contribution < -0.4 is 11.0 Å². The standard InChI is InChI=1S/C13H21N3O4/c1-8-11(9(2)16-13(19)15-8)6-12(18)14-5-4-10(17)7-20-3/h10,17H,4-7H2,1-3H3,(H,14,18)(H,15,16,19). The van der Waals surface area contributed by atoms with Crippen LogP contribution in [0.5, 0.6) is 0 Å². The molecule has 0 radical (unpaired) electrons. The first-order valence-electron chi connectivity index (χ1n) is 6.44. The van der Waals surface area contributed by atoms with Crippen molar-refractivity contribution in [1.82, 2.24) is 15.3 Å². The fourth-order valence-corrected chi connectivity index (χ4v) is 1.89. The monoisotopic (exact) mass is 283 g/mol. The molecular weight excluding hydrogens is 262 g/mol. The summed E-state index contributed by atoms with van der Waals surface area (Å²) in [4.78, 5) is 29.3. The van der Waals surface area contributed by atoms with E-state index in [2.05, 4.69) is 15.3 Å². The zero-order valence-corrected chi connectivity index (χ0v) is 12.0. The van der Waals surface area contributed by atoms with E-state index in [0.717, 1.165) is 5.56 Å². The predicted octanol–water partition coefficient (Wildman–Crippen LogP) is -0.557. The SMILES string of the molecule is COCC(O)CCNC(=O)Cc1c(C)nc(=O)[nH]c1C. The second-order valence-electron chi connectivity index (χ2n) is 4.66. The van der Waals surface area contributed by atoms with Crippen molar-refractivity contribution in [2.45, 2.75) is 32.8 Å². The van der Waals surface area contributed by atoms with Gasteiger partial charge < -0.3 is 20.1 Å². The normalized spacial score (nSPS) is 12.2. The van der Waals surface area contributed by atoms with Gasteiger partial charge in [0.15, 0.2) is 0 Å². The third-order valence-corrected chi connectivity index (χ3v) is 2.95. The maximum absolute atomic E-state index is 11.8. The van der Waals surface area contributed by atoms with E-state index in [-0.39, 0.29) is 18.9 Å². The Morgan fingerprint density at radius 1 is 1.50 bits per heavy atom. The van der Waals surface area contributed by atoms with Crippen LogP contribution in [0.25, 0.3) is 0 Å². The number of hydrogen-bond acceptors (Lipinski definition) is 5. The number of aryl methyl sites for hydroxylation is 2. The molecular formula is C13H21N3O4. The van der Waals surface area contributed by atoms with E-state index < -0.39 is 11.8 Å². The van der Waals surface area contributed by atoms with Gasteiger partial charge in [0.2, 0.25) is 5.91 Å². The molecule has 1 aromatic rings. The van der Waals surface area contributed by atoms with Crippen LogP contribution in [0.2, 0.25) is 0 Å². The average Bonchev–Trinajstić information content (AvgIpc) is 2.34. The van der Waals surface area contributed by atoms with Gasteiger partial charge in [-0.05, 0) is 20.3 Å². The van der Waals surface area contributed by atoms with E-state index in [1.807, 2.05) is 0 Å². The molecule has 20 heavy (non-hydrogen) atoms. The number of aromatic nitrogens is 2. The molecule has 7 heteroatoms. The molecule has 0 saturated carbocycles. The Labute approximate surface area is 117 Å². The number of aliphatic hydroxyl groups is 1. The number of ether oxygens (including phenoxy) is 1. The lowest BCUT2D eigenvalue weighted by atomic mass is 10.1. The van der Waals surface area contributed by atoms with E-state index in [9.17, 15) is 14.7 Å². The molecule has 0 aliphatic heterocycles. The number of nitrogens with zero attached hydrogens (tertiary/aromatic N) is 1. The van der Waals surface area contributed by atoms with Gasteiger partial charge in [-0.25, -0.2) is 4.79 Å². The molecule has 0 bridgehead atoms. The maximum atomic E-state index is 11.8. The molecule has 1 amide bonds. The van der Waals surface area contributed by atoms with Crippen molar-refractivity contribution in [1.29, 1.82) is 0 Å². The highest BCUT2D eigenvalue weighted by atomic mass is 16.5. The van der Waals surface area contributed by atoms with Gasteiger partial charge >= 0.3 is 5.69 Å². The molecule has 112 valence electrons. The third-order valence-electron chi connectivity index (χ3n) is 2.95. The predicted molar refractivity (Wildman–Crippen MR) is 73.5 cm³/mol. The molecule has 0 aromatic carbocycles.